The predicted octanol–water partition coefficient (Wildman–Crippen LogP) is 17.6. The fraction of sp³-hybridized carbons (Fsp3) is 0.295. The summed E-state index contributed by atoms with van der Waals surface area (Å²) in [5.74, 6) is 0. The Bertz CT molecular complexity index is 3360. The summed E-state index contributed by atoms with van der Waals surface area (Å²) in [6, 6.07) is 45.5. The van der Waals surface area contributed by atoms with E-state index in [1.165, 1.54) is 34.4 Å². The van der Waals surface area contributed by atoms with Crippen LogP contribution in [0.15, 0.2) is 127 Å². The molecule has 0 aliphatic carbocycles. The Hall–Kier alpha value is -6.58. The third-order valence-corrected chi connectivity index (χ3v) is 13.6. The van der Waals surface area contributed by atoms with Gasteiger partial charge in [0.2, 0.25) is 0 Å². The number of benzene rings is 7. The molecule has 340 valence electrons. The molecule has 6 heteroatoms. The molecular weight excluding hydrogens is 832 g/mol. The molecule has 0 N–H and O–H groups in total. The summed E-state index contributed by atoms with van der Waals surface area (Å²) >= 11 is 0. The SMILES string of the molecule is Cc1cc(-c2ccc(-c3ccc(C#N)cc3-n3c4ccc(C(C)(C)C)cc4c4cc(C(C)(C)C)ccc43)c(-n3c4ccc(C(C)(C)C)cc4c4cc(C(C)(C)C)ccc43)c2)cc(C(F)(F)F)c1. The summed E-state index contributed by atoms with van der Waals surface area (Å²) < 4.78 is 47.9. The van der Waals surface area contributed by atoms with Crippen LogP contribution in [0.1, 0.15) is 122 Å². The van der Waals surface area contributed by atoms with Gasteiger partial charge in [0.15, 0.2) is 0 Å². The van der Waals surface area contributed by atoms with Gasteiger partial charge in [0.25, 0.3) is 0 Å². The number of hydrogen-bond acceptors (Lipinski definition) is 1. The Morgan fingerprint density at radius 1 is 0.388 bits per heavy atom. The smallest absolute Gasteiger partial charge is 0.309 e. The number of nitriles is 1. The molecule has 0 saturated carbocycles. The first-order chi connectivity index (χ1) is 31.2. The highest BCUT2D eigenvalue weighted by Crippen LogP contribution is 2.45. The number of nitrogens with zero attached hydrogens (tertiary/aromatic N) is 3. The Kier molecular flexibility index (Phi) is 10.5. The molecule has 0 aliphatic heterocycles. The minimum Gasteiger partial charge on any atom is -0.309 e. The molecule has 67 heavy (non-hydrogen) atoms. The monoisotopic (exact) mass is 891 g/mol. The zero-order valence-electron chi connectivity index (χ0n) is 41.1. The van der Waals surface area contributed by atoms with Crippen molar-refractivity contribution in [2.45, 2.75) is 118 Å². The summed E-state index contributed by atoms with van der Waals surface area (Å²) in [6.45, 7) is 28.5. The second-order valence-electron chi connectivity index (χ2n) is 22.8. The van der Waals surface area contributed by atoms with Crippen LogP contribution < -0.4 is 0 Å². The first kappa shape index (κ1) is 45.6. The molecule has 0 saturated heterocycles. The van der Waals surface area contributed by atoms with Crippen molar-refractivity contribution >= 4 is 43.6 Å². The number of hydrogen-bond donors (Lipinski definition) is 0. The molecule has 0 aliphatic rings. The van der Waals surface area contributed by atoms with Crippen LogP contribution in [0, 0.1) is 18.3 Å². The second kappa shape index (κ2) is 15.5. The van der Waals surface area contributed by atoms with E-state index in [1.54, 1.807) is 6.92 Å². The van der Waals surface area contributed by atoms with E-state index in [0.29, 0.717) is 22.3 Å². The highest BCUT2D eigenvalue weighted by atomic mass is 19.4. The molecular formula is C61H60F3N3. The number of aromatic nitrogens is 2. The Morgan fingerprint density at radius 3 is 1.12 bits per heavy atom. The van der Waals surface area contributed by atoms with Gasteiger partial charge < -0.3 is 9.13 Å². The van der Waals surface area contributed by atoms with Crippen LogP contribution in [0.4, 0.5) is 13.2 Å². The third kappa shape index (κ3) is 8.11. The predicted molar refractivity (Wildman–Crippen MR) is 275 cm³/mol. The molecule has 9 rings (SSSR count). The second-order valence-corrected chi connectivity index (χ2v) is 22.8. The molecule has 0 atom stereocenters. The van der Waals surface area contributed by atoms with Crippen LogP contribution in [0.3, 0.4) is 0 Å². The molecule has 0 amide bonds. The van der Waals surface area contributed by atoms with E-state index >= 15 is 0 Å². The summed E-state index contributed by atoms with van der Waals surface area (Å²) in [5.41, 5.74) is 13.4. The van der Waals surface area contributed by atoms with Gasteiger partial charge >= 0.3 is 6.18 Å². The average Bonchev–Trinajstić information content (AvgIpc) is 3.75. The van der Waals surface area contributed by atoms with E-state index < -0.39 is 11.7 Å². The summed E-state index contributed by atoms with van der Waals surface area (Å²) in [6.07, 6.45) is -4.51. The molecule has 2 heterocycles. The van der Waals surface area contributed by atoms with Crippen LogP contribution in [-0.4, -0.2) is 9.13 Å². The van der Waals surface area contributed by atoms with Crippen molar-refractivity contribution < 1.29 is 13.2 Å². The highest BCUT2D eigenvalue weighted by Gasteiger charge is 2.32. The van der Waals surface area contributed by atoms with Crippen LogP contribution in [0.25, 0.3) is 77.2 Å². The van der Waals surface area contributed by atoms with E-state index in [9.17, 15) is 18.4 Å². The van der Waals surface area contributed by atoms with E-state index in [4.69, 9.17) is 0 Å². The molecule has 0 radical (unpaired) electrons. The Balaban J connectivity index is 1.43. The van der Waals surface area contributed by atoms with Gasteiger partial charge in [-0.2, -0.15) is 18.4 Å². The number of fused-ring (bicyclic) bond motifs is 6. The Labute approximate surface area is 393 Å². The zero-order chi connectivity index (χ0) is 48.3. The average molecular weight is 892 g/mol. The molecule has 2 aromatic heterocycles. The van der Waals surface area contributed by atoms with Crippen molar-refractivity contribution in [1.29, 1.82) is 5.26 Å². The first-order valence-electron chi connectivity index (χ1n) is 23.3. The van der Waals surface area contributed by atoms with Crippen LogP contribution >= 0.6 is 0 Å². The molecule has 0 unspecified atom stereocenters. The molecule has 0 bridgehead atoms. The maximum Gasteiger partial charge on any atom is 0.416 e. The quantitative estimate of drug-likeness (QED) is 0.173. The van der Waals surface area contributed by atoms with Gasteiger partial charge in [-0.05, 0) is 146 Å². The highest BCUT2D eigenvalue weighted by molar-refractivity contribution is 6.12. The summed E-state index contributed by atoms with van der Waals surface area (Å²) in [7, 11) is 0. The zero-order valence-corrected chi connectivity index (χ0v) is 41.1. The van der Waals surface area contributed by atoms with E-state index in [1.807, 2.05) is 30.3 Å². The number of halogens is 3. The lowest BCUT2D eigenvalue weighted by atomic mass is 9.85. The van der Waals surface area contributed by atoms with E-state index in [2.05, 4.69) is 183 Å². The van der Waals surface area contributed by atoms with Crippen LogP contribution in [0.5, 0.6) is 0 Å². The molecule has 9 aromatic rings. The van der Waals surface area contributed by atoms with Crippen LogP contribution in [0.2, 0.25) is 0 Å². The number of alkyl halides is 3. The summed E-state index contributed by atoms with van der Waals surface area (Å²) in [5, 5.41) is 15.0. The number of aryl methyl sites for hydroxylation is 1. The minimum absolute atomic E-state index is 0.0887. The van der Waals surface area contributed by atoms with Gasteiger partial charge in [0.05, 0.1) is 50.6 Å². The largest absolute Gasteiger partial charge is 0.416 e. The third-order valence-electron chi connectivity index (χ3n) is 13.6. The molecule has 0 fully saturated rings. The van der Waals surface area contributed by atoms with E-state index in [0.717, 1.165) is 66.1 Å². The van der Waals surface area contributed by atoms with Gasteiger partial charge in [-0.1, -0.05) is 132 Å². The van der Waals surface area contributed by atoms with Gasteiger partial charge in [-0.15, -0.1) is 0 Å². The minimum atomic E-state index is -4.51. The number of rotatable bonds is 4. The van der Waals surface area contributed by atoms with Crippen molar-refractivity contribution in [1.82, 2.24) is 9.13 Å². The van der Waals surface area contributed by atoms with Crippen LogP contribution in [-0.2, 0) is 27.8 Å². The molecule has 3 nitrogen and oxygen atoms in total. The van der Waals surface area contributed by atoms with E-state index in [-0.39, 0.29) is 21.7 Å². The molecule has 7 aromatic carbocycles. The fourth-order valence-corrected chi connectivity index (χ4v) is 9.68. The van der Waals surface area contributed by atoms with Crippen molar-refractivity contribution in [2.24, 2.45) is 0 Å². The normalized spacial score (nSPS) is 13.1. The van der Waals surface area contributed by atoms with Crippen molar-refractivity contribution in [2.75, 3.05) is 0 Å². The topological polar surface area (TPSA) is 33.6 Å². The summed E-state index contributed by atoms with van der Waals surface area (Å²) in [4.78, 5) is 0. The standard InChI is InChI=1S/C61H60F3N3/c1-36-26-39(29-44(27-36)61(62,63)64)38-15-21-46(56(30-38)67-53-24-18-42(59(8,9)10)33-49(53)50-34-43(60(11,12)13)19-25-54(50)67)45-20-14-37(35-65)28-55(45)66-51-22-16-40(57(2,3)4)31-47(51)48-32-41(58(5,6)7)17-23-52(48)66/h14-34H,1-13H3. The Morgan fingerprint density at radius 2 is 0.761 bits per heavy atom. The van der Waals surface area contributed by atoms with Gasteiger partial charge in [0, 0.05) is 32.7 Å². The first-order valence-corrected chi connectivity index (χ1v) is 23.3. The lowest BCUT2D eigenvalue weighted by Gasteiger charge is -2.22. The van der Waals surface area contributed by atoms with Crippen molar-refractivity contribution in [3.05, 3.63) is 166 Å². The maximum atomic E-state index is 14.4. The fourth-order valence-electron chi connectivity index (χ4n) is 9.68. The lowest BCUT2D eigenvalue weighted by molar-refractivity contribution is -0.137. The van der Waals surface area contributed by atoms with Gasteiger partial charge in [-0.25, -0.2) is 0 Å². The van der Waals surface area contributed by atoms with Gasteiger partial charge in [-0.3, -0.25) is 0 Å². The van der Waals surface area contributed by atoms with Crippen molar-refractivity contribution in [3.63, 3.8) is 0 Å². The van der Waals surface area contributed by atoms with Crippen molar-refractivity contribution in [3.8, 4) is 39.7 Å². The maximum absolute atomic E-state index is 14.4. The lowest BCUT2D eigenvalue weighted by Crippen LogP contribution is -2.10. The molecule has 0 spiro atoms. The van der Waals surface area contributed by atoms with Gasteiger partial charge in [0.1, 0.15) is 0 Å².